The Morgan fingerprint density at radius 2 is 2.03 bits per heavy atom. The Morgan fingerprint density at radius 1 is 1.27 bits per heavy atom. The molecular formula is C21H21ClN4O4. The van der Waals surface area contributed by atoms with Gasteiger partial charge in [-0.25, -0.2) is 4.79 Å². The first-order chi connectivity index (χ1) is 14.4. The van der Waals surface area contributed by atoms with Crippen molar-refractivity contribution in [1.82, 2.24) is 20.4 Å². The van der Waals surface area contributed by atoms with Crippen LogP contribution in [0.4, 0.5) is 4.79 Å². The van der Waals surface area contributed by atoms with Crippen LogP contribution in [-0.4, -0.2) is 47.8 Å². The molecular weight excluding hydrogens is 408 g/mol. The highest BCUT2D eigenvalue weighted by atomic mass is 35.5. The summed E-state index contributed by atoms with van der Waals surface area (Å²) in [5.41, 5.74) is 1.95. The highest BCUT2D eigenvalue weighted by molar-refractivity contribution is 6.30. The van der Waals surface area contributed by atoms with Gasteiger partial charge in [0.25, 0.3) is 5.91 Å². The predicted octanol–water partition coefficient (Wildman–Crippen LogP) is 2.43. The summed E-state index contributed by atoms with van der Waals surface area (Å²) in [4.78, 5) is 40.7. The van der Waals surface area contributed by atoms with Crippen LogP contribution in [0.25, 0.3) is 0 Å². The second-order valence-corrected chi connectivity index (χ2v) is 7.62. The van der Waals surface area contributed by atoms with Crippen molar-refractivity contribution >= 4 is 29.4 Å². The third kappa shape index (κ3) is 3.91. The van der Waals surface area contributed by atoms with Crippen molar-refractivity contribution in [2.24, 2.45) is 0 Å². The van der Waals surface area contributed by atoms with Gasteiger partial charge < -0.3 is 20.0 Å². The maximum absolute atomic E-state index is 13.1. The minimum absolute atomic E-state index is 0.156. The Balaban J connectivity index is 1.44. The largest absolute Gasteiger partial charge is 0.467 e. The van der Waals surface area contributed by atoms with Crippen molar-refractivity contribution < 1.29 is 18.8 Å². The molecule has 1 aromatic carbocycles. The number of nitrogens with one attached hydrogen (secondary N) is 2. The van der Waals surface area contributed by atoms with E-state index in [1.807, 2.05) is 0 Å². The molecule has 0 radical (unpaired) electrons. The third-order valence-corrected chi connectivity index (χ3v) is 5.54. The number of likely N-dealkylation sites (N-methyl/N-ethyl adjacent to an activating group) is 1. The summed E-state index contributed by atoms with van der Waals surface area (Å²) in [6.07, 6.45) is 1.70. The van der Waals surface area contributed by atoms with Crippen LogP contribution in [0.5, 0.6) is 0 Å². The molecule has 1 atom stereocenters. The Kier molecular flexibility index (Phi) is 5.50. The van der Waals surface area contributed by atoms with Gasteiger partial charge in [0, 0.05) is 25.0 Å². The van der Waals surface area contributed by atoms with E-state index in [-0.39, 0.29) is 37.4 Å². The van der Waals surface area contributed by atoms with Gasteiger partial charge in [0.05, 0.1) is 36.7 Å². The molecule has 2 aliphatic rings. The van der Waals surface area contributed by atoms with Crippen LogP contribution in [0.1, 0.15) is 23.8 Å². The topological polar surface area (TPSA) is 94.9 Å². The van der Waals surface area contributed by atoms with Gasteiger partial charge >= 0.3 is 6.03 Å². The predicted molar refractivity (Wildman–Crippen MR) is 109 cm³/mol. The number of hydrogen-bond donors (Lipinski definition) is 2. The fourth-order valence-corrected chi connectivity index (χ4v) is 3.76. The summed E-state index contributed by atoms with van der Waals surface area (Å²) in [5.74, 6) is 0.297. The molecule has 0 saturated carbocycles. The molecule has 4 amide bonds. The number of carbonyl (C=O) groups excluding carboxylic acids is 3. The molecule has 0 saturated heterocycles. The van der Waals surface area contributed by atoms with E-state index >= 15 is 0 Å². The lowest BCUT2D eigenvalue weighted by Crippen LogP contribution is -2.45. The van der Waals surface area contributed by atoms with Gasteiger partial charge in [-0.15, -0.1) is 0 Å². The van der Waals surface area contributed by atoms with Crippen LogP contribution in [0.2, 0.25) is 5.02 Å². The lowest BCUT2D eigenvalue weighted by Gasteiger charge is -2.31. The first kappa shape index (κ1) is 20.0. The van der Waals surface area contributed by atoms with E-state index < -0.39 is 6.04 Å². The number of nitrogens with zero attached hydrogens (tertiary/aromatic N) is 2. The molecule has 0 spiro atoms. The van der Waals surface area contributed by atoms with Crippen molar-refractivity contribution in [1.29, 1.82) is 0 Å². The van der Waals surface area contributed by atoms with E-state index in [4.69, 9.17) is 16.0 Å². The fourth-order valence-electron chi connectivity index (χ4n) is 3.63. The van der Waals surface area contributed by atoms with E-state index in [0.29, 0.717) is 28.6 Å². The molecule has 8 nitrogen and oxygen atoms in total. The number of hydrogen-bond acceptors (Lipinski definition) is 4. The number of amides is 4. The van der Waals surface area contributed by atoms with Crippen molar-refractivity contribution in [2.45, 2.75) is 19.0 Å². The SMILES string of the molecule is CN1C(=O)NC(c2ccc(Cl)cc2)C2=C1CN(CCC(=O)NCc1ccco1)C2=O. The first-order valence-electron chi connectivity index (χ1n) is 9.55. The van der Waals surface area contributed by atoms with Crippen molar-refractivity contribution in [2.75, 3.05) is 20.1 Å². The van der Waals surface area contributed by atoms with Crippen molar-refractivity contribution in [3.63, 3.8) is 0 Å². The van der Waals surface area contributed by atoms with E-state index in [2.05, 4.69) is 10.6 Å². The van der Waals surface area contributed by atoms with E-state index in [1.165, 1.54) is 4.90 Å². The van der Waals surface area contributed by atoms with Crippen LogP contribution < -0.4 is 10.6 Å². The molecule has 2 aromatic rings. The van der Waals surface area contributed by atoms with Crippen LogP contribution in [0.3, 0.4) is 0 Å². The summed E-state index contributed by atoms with van der Waals surface area (Å²) < 4.78 is 5.19. The second-order valence-electron chi connectivity index (χ2n) is 7.19. The molecule has 2 aliphatic heterocycles. The van der Waals surface area contributed by atoms with Crippen LogP contribution >= 0.6 is 11.6 Å². The molecule has 156 valence electrons. The summed E-state index contributed by atoms with van der Waals surface area (Å²) in [6, 6.07) is 9.74. The number of benzene rings is 1. The molecule has 0 fully saturated rings. The fraction of sp³-hybridized carbons (Fsp3) is 0.286. The molecule has 0 bridgehead atoms. The third-order valence-electron chi connectivity index (χ3n) is 5.29. The highest BCUT2D eigenvalue weighted by Gasteiger charge is 2.42. The maximum Gasteiger partial charge on any atom is 0.322 e. The number of furan rings is 1. The zero-order valence-electron chi connectivity index (χ0n) is 16.4. The van der Waals surface area contributed by atoms with Gasteiger partial charge in [-0.1, -0.05) is 23.7 Å². The standard InChI is InChI=1S/C21H21ClN4O4/c1-25-16-12-26(9-8-17(27)23-11-15-3-2-10-30-15)20(28)18(16)19(24-21(25)29)13-4-6-14(22)7-5-13/h2-7,10,19H,8-9,11-12H2,1H3,(H,23,27)(H,24,29). The quantitative estimate of drug-likeness (QED) is 0.738. The summed E-state index contributed by atoms with van der Waals surface area (Å²) in [6.45, 7) is 0.840. The zero-order valence-corrected chi connectivity index (χ0v) is 17.1. The minimum Gasteiger partial charge on any atom is -0.467 e. The first-order valence-corrected chi connectivity index (χ1v) is 9.93. The van der Waals surface area contributed by atoms with Crippen LogP contribution in [0, 0.1) is 0 Å². The molecule has 30 heavy (non-hydrogen) atoms. The van der Waals surface area contributed by atoms with Crippen LogP contribution in [0.15, 0.2) is 58.3 Å². The molecule has 9 heteroatoms. The molecule has 4 rings (SSSR count). The van der Waals surface area contributed by atoms with E-state index in [0.717, 1.165) is 5.56 Å². The molecule has 2 N–H and O–H groups in total. The van der Waals surface area contributed by atoms with Gasteiger partial charge in [-0.05, 0) is 29.8 Å². The lowest BCUT2D eigenvalue weighted by molar-refractivity contribution is -0.127. The van der Waals surface area contributed by atoms with Gasteiger partial charge in [-0.2, -0.15) is 0 Å². The lowest BCUT2D eigenvalue weighted by atomic mass is 9.96. The van der Waals surface area contributed by atoms with Gasteiger partial charge in [0.2, 0.25) is 5.91 Å². The Morgan fingerprint density at radius 3 is 2.73 bits per heavy atom. The molecule has 1 aromatic heterocycles. The number of urea groups is 1. The molecule has 3 heterocycles. The van der Waals surface area contributed by atoms with Crippen LogP contribution in [-0.2, 0) is 16.1 Å². The monoisotopic (exact) mass is 428 g/mol. The number of rotatable bonds is 6. The van der Waals surface area contributed by atoms with Crippen molar-refractivity contribution in [3.8, 4) is 0 Å². The van der Waals surface area contributed by atoms with Gasteiger partial charge in [-0.3, -0.25) is 14.5 Å². The van der Waals surface area contributed by atoms with Crippen molar-refractivity contribution in [3.05, 3.63) is 70.3 Å². The Labute approximate surface area is 178 Å². The summed E-state index contributed by atoms with van der Waals surface area (Å²) >= 11 is 5.97. The molecule has 0 aliphatic carbocycles. The summed E-state index contributed by atoms with van der Waals surface area (Å²) in [7, 11) is 1.63. The van der Waals surface area contributed by atoms with Gasteiger partial charge in [0.1, 0.15) is 5.76 Å². The average molecular weight is 429 g/mol. The maximum atomic E-state index is 13.1. The summed E-state index contributed by atoms with van der Waals surface area (Å²) in [5, 5.41) is 6.22. The second kappa shape index (κ2) is 8.23. The Bertz CT molecular complexity index is 1000. The smallest absolute Gasteiger partial charge is 0.322 e. The number of carbonyl (C=O) groups is 3. The number of halogens is 1. The van der Waals surface area contributed by atoms with E-state index in [1.54, 1.807) is 54.6 Å². The molecule has 1 unspecified atom stereocenters. The zero-order chi connectivity index (χ0) is 21.3. The highest BCUT2D eigenvalue weighted by Crippen LogP contribution is 2.35. The average Bonchev–Trinajstić information content (AvgIpc) is 3.37. The minimum atomic E-state index is -0.550. The van der Waals surface area contributed by atoms with Gasteiger partial charge in [0.15, 0.2) is 0 Å². The van der Waals surface area contributed by atoms with E-state index in [9.17, 15) is 14.4 Å². The normalized spacial score (nSPS) is 18.5. The Hall–Kier alpha value is -3.26.